The summed E-state index contributed by atoms with van der Waals surface area (Å²) < 4.78 is 5.35. The van der Waals surface area contributed by atoms with Crippen LogP contribution in [0.25, 0.3) is 0 Å². The van der Waals surface area contributed by atoms with Crippen LogP contribution in [0.15, 0.2) is 12.1 Å². The van der Waals surface area contributed by atoms with Crippen LogP contribution in [0, 0.1) is 20.8 Å². The number of thiophene rings is 1. The summed E-state index contributed by atoms with van der Waals surface area (Å²) in [6.07, 6.45) is 5.43. The molecule has 150 valence electrons. The smallest absolute Gasteiger partial charge is 0.341 e. The van der Waals surface area contributed by atoms with Crippen molar-refractivity contribution in [2.75, 3.05) is 17.2 Å². The molecule has 1 aromatic heterocycles. The third-order valence-electron chi connectivity index (χ3n) is 5.04. The van der Waals surface area contributed by atoms with Crippen LogP contribution in [0.1, 0.15) is 63.7 Å². The van der Waals surface area contributed by atoms with Crippen molar-refractivity contribution < 1.29 is 9.53 Å². The van der Waals surface area contributed by atoms with Crippen molar-refractivity contribution in [1.82, 2.24) is 0 Å². The maximum absolute atomic E-state index is 12.7. The summed E-state index contributed by atoms with van der Waals surface area (Å²) in [5, 5.41) is 7.90. The lowest BCUT2D eigenvalue weighted by molar-refractivity contribution is 0.0527. The predicted molar refractivity (Wildman–Crippen MR) is 122 cm³/mol. The Balaban J connectivity index is 1.87. The minimum absolute atomic E-state index is 0.255. The molecular formula is C22H28N2O2S2. The molecule has 0 atom stereocenters. The van der Waals surface area contributed by atoms with Crippen molar-refractivity contribution in [3.8, 4) is 0 Å². The normalized spacial score (nSPS) is 13.4. The SMILES string of the molecule is CCOC(=O)c1c(NC(=S)Nc2c(C)cc(C)cc2C)sc2c1CCCCC2. The van der Waals surface area contributed by atoms with Crippen molar-refractivity contribution >= 4 is 45.3 Å². The highest BCUT2D eigenvalue weighted by Gasteiger charge is 2.26. The van der Waals surface area contributed by atoms with Crippen LogP contribution in [-0.4, -0.2) is 17.7 Å². The fourth-order valence-corrected chi connectivity index (χ4v) is 5.43. The van der Waals surface area contributed by atoms with E-state index in [4.69, 9.17) is 17.0 Å². The lowest BCUT2D eigenvalue weighted by Gasteiger charge is -2.16. The molecule has 3 rings (SSSR count). The maximum Gasteiger partial charge on any atom is 0.341 e. The Labute approximate surface area is 176 Å². The highest BCUT2D eigenvalue weighted by molar-refractivity contribution is 7.80. The van der Waals surface area contributed by atoms with Gasteiger partial charge in [-0.05, 0) is 82.3 Å². The lowest BCUT2D eigenvalue weighted by Crippen LogP contribution is -2.21. The van der Waals surface area contributed by atoms with Gasteiger partial charge in [-0.15, -0.1) is 11.3 Å². The number of benzene rings is 1. The quantitative estimate of drug-likeness (QED) is 0.368. The van der Waals surface area contributed by atoms with Crippen LogP contribution >= 0.6 is 23.6 Å². The fraction of sp³-hybridized carbons (Fsp3) is 0.455. The van der Waals surface area contributed by atoms with Crippen LogP contribution in [0.5, 0.6) is 0 Å². The summed E-state index contributed by atoms with van der Waals surface area (Å²) in [5.41, 5.74) is 6.35. The minimum Gasteiger partial charge on any atom is -0.462 e. The van der Waals surface area contributed by atoms with Gasteiger partial charge in [-0.2, -0.15) is 0 Å². The zero-order chi connectivity index (χ0) is 20.3. The lowest BCUT2D eigenvalue weighted by atomic mass is 10.1. The maximum atomic E-state index is 12.7. The van der Waals surface area contributed by atoms with Gasteiger partial charge in [0.1, 0.15) is 5.00 Å². The number of nitrogens with one attached hydrogen (secondary N) is 2. The molecule has 0 fully saturated rings. The van der Waals surface area contributed by atoms with Gasteiger partial charge in [0.15, 0.2) is 5.11 Å². The Morgan fingerprint density at radius 2 is 1.79 bits per heavy atom. The van der Waals surface area contributed by atoms with Crippen molar-refractivity contribution in [2.45, 2.75) is 59.8 Å². The van der Waals surface area contributed by atoms with E-state index in [0.29, 0.717) is 17.3 Å². The standard InChI is InChI=1S/C22H28N2O2S2/c1-5-26-21(25)18-16-9-7-6-8-10-17(16)28-20(18)24-22(27)23-19-14(3)11-13(2)12-15(19)4/h11-12H,5-10H2,1-4H3,(H2,23,24,27). The van der Waals surface area contributed by atoms with Crippen LogP contribution in [-0.2, 0) is 17.6 Å². The summed E-state index contributed by atoms with van der Waals surface area (Å²) in [4.78, 5) is 14.0. The average Bonchev–Trinajstić information content (AvgIpc) is 2.79. The second kappa shape index (κ2) is 9.05. The van der Waals surface area contributed by atoms with E-state index < -0.39 is 0 Å². The number of hydrogen-bond donors (Lipinski definition) is 2. The fourth-order valence-electron chi connectivity index (χ4n) is 3.88. The molecule has 1 aliphatic carbocycles. The van der Waals surface area contributed by atoms with Crippen LogP contribution in [0.4, 0.5) is 10.7 Å². The molecule has 0 saturated heterocycles. The number of carbonyl (C=O) groups is 1. The Bertz CT molecular complexity index is 879. The van der Waals surface area contributed by atoms with Crippen molar-refractivity contribution in [3.05, 3.63) is 44.8 Å². The van der Waals surface area contributed by atoms with E-state index in [1.807, 2.05) is 6.92 Å². The van der Waals surface area contributed by atoms with Gasteiger partial charge in [0.2, 0.25) is 0 Å². The second-order valence-electron chi connectivity index (χ2n) is 7.34. The molecule has 0 spiro atoms. The van der Waals surface area contributed by atoms with E-state index in [1.54, 1.807) is 11.3 Å². The summed E-state index contributed by atoms with van der Waals surface area (Å²) in [5.74, 6) is -0.255. The number of anilines is 2. The summed E-state index contributed by atoms with van der Waals surface area (Å²) in [6.45, 7) is 8.44. The van der Waals surface area contributed by atoms with E-state index in [0.717, 1.165) is 46.6 Å². The molecular weight excluding hydrogens is 388 g/mol. The topological polar surface area (TPSA) is 50.4 Å². The number of carbonyl (C=O) groups excluding carboxylic acids is 1. The van der Waals surface area contributed by atoms with E-state index >= 15 is 0 Å². The first-order valence-electron chi connectivity index (χ1n) is 9.88. The average molecular weight is 417 g/mol. The van der Waals surface area contributed by atoms with Gasteiger partial charge in [-0.3, -0.25) is 0 Å². The Hall–Kier alpha value is -1.92. The molecule has 2 N–H and O–H groups in total. The van der Waals surface area contributed by atoms with Gasteiger partial charge < -0.3 is 15.4 Å². The zero-order valence-electron chi connectivity index (χ0n) is 17.0. The molecule has 0 unspecified atom stereocenters. The van der Waals surface area contributed by atoms with Crippen LogP contribution in [0.3, 0.4) is 0 Å². The first-order chi connectivity index (χ1) is 13.4. The third kappa shape index (κ3) is 4.55. The monoisotopic (exact) mass is 416 g/mol. The van der Waals surface area contributed by atoms with E-state index in [2.05, 4.69) is 43.5 Å². The minimum atomic E-state index is -0.255. The molecule has 1 aliphatic rings. The number of ether oxygens (including phenoxy) is 1. The van der Waals surface area contributed by atoms with Gasteiger partial charge in [-0.25, -0.2) is 4.79 Å². The molecule has 2 aromatic rings. The number of hydrogen-bond acceptors (Lipinski definition) is 4. The molecule has 6 heteroatoms. The zero-order valence-corrected chi connectivity index (χ0v) is 18.7. The molecule has 0 radical (unpaired) electrons. The molecule has 28 heavy (non-hydrogen) atoms. The van der Waals surface area contributed by atoms with Gasteiger partial charge in [0.05, 0.1) is 12.2 Å². The van der Waals surface area contributed by atoms with Crippen LogP contribution < -0.4 is 10.6 Å². The Morgan fingerprint density at radius 1 is 1.11 bits per heavy atom. The second-order valence-corrected chi connectivity index (χ2v) is 8.86. The van der Waals surface area contributed by atoms with Gasteiger partial charge in [0.25, 0.3) is 0 Å². The first-order valence-corrected chi connectivity index (χ1v) is 11.1. The van der Waals surface area contributed by atoms with E-state index in [9.17, 15) is 4.79 Å². The number of thiocarbonyl (C=S) groups is 1. The number of aryl methyl sites for hydroxylation is 4. The number of fused-ring (bicyclic) bond motifs is 1. The van der Waals surface area contributed by atoms with Crippen molar-refractivity contribution in [2.24, 2.45) is 0 Å². The molecule has 0 bridgehead atoms. The first kappa shape index (κ1) is 20.8. The molecule has 1 aromatic carbocycles. The van der Waals surface area contributed by atoms with E-state index in [-0.39, 0.29) is 5.97 Å². The molecule has 0 amide bonds. The summed E-state index contributed by atoms with van der Waals surface area (Å²) in [6, 6.07) is 4.27. The number of rotatable bonds is 4. The molecule has 0 aliphatic heterocycles. The van der Waals surface area contributed by atoms with E-state index in [1.165, 1.54) is 23.3 Å². The van der Waals surface area contributed by atoms with Crippen LogP contribution in [0.2, 0.25) is 0 Å². The van der Waals surface area contributed by atoms with Crippen molar-refractivity contribution in [3.63, 3.8) is 0 Å². The van der Waals surface area contributed by atoms with Gasteiger partial charge in [0, 0.05) is 10.6 Å². The largest absolute Gasteiger partial charge is 0.462 e. The Morgan fingerprint density at radius 3 is 2.46 bits per heavy atom. The summed E-state index contributed by atoms with van der Waals surface area (Å²) in [7, 11) is 0. The van der Waals surface area contributed by atoms with Gasteiger partial charge in [-0.1, -0.05) is 24.1 Å². The van der Waals surface area contributed by atoms with Gasteiger partial charge >= 0.3 is 5.97 Å². The highest BCUT2D eigenvalue weighted by Crippen LogP contribution is 2.38. The predicted octanol–water partition coefficient (Wildman–Crippen LogP) is 5.93. The highest BCUT2D eigenvalue weighted by atomic mass is 32.1. The summed E-state index contributed by atoms with van der Waals surface area (Å²) >= 11 is 7.22. The number of esters is 1. The Kier molecular flexibility index (Phi) is 6.73. The molecule has 0 saturated carbocycles. The molecule has 1 heterocycles. The van der Waals surface area contributed by atoms with Crippen molar-refractivity contribution in [1.29, 1.82) is 0 Å². The molecule has 4 nitrogen and oxygen atoms in total. The third-order valence-corrected chi connectivity index (χ3v) is 6.45.